The van der Waals surface area contributed by atoms with E-state index in [-0.39, 0.29) is 5.75 Å². The molecule has 0 radical (unpaired) electrons. The zero-order valence-corrected chi connectivity index (χ0v) is 21.4. The summed E-state index contributed by atoms with van der Waals surface area (Å²) in [7, 11) is 0. The largest absolute Gasteiger partial charge is 0.508 e. The Hall–Kier alpha value is -3.44. The summed E-state index contributed by atoms with van der Waals surface area (Å²) in [6.45, 7) is 2.99. The summed E-state index contributed by atoms with van der Waals surface area (Å²) in [5.74, 6) is 0.231. The van der Waals surface area contributed by atoms with Crippen molar-refractivity contribution in [3.63, 3.8) is 0 Å². The van der Waals surface area contributed by atoms with Crippen molar-refractivity contribution < 1.29 is 19.3 Å². The third-order valence-electron chi connectivity index (χ3n) is 6.39. The second kappa shape index (κ2) is 15.0. The highest BCUT2D eigenvalue weighted by Gasteiger charge is 2.14. The van der Waals surface area contributed by atoms with E-state index in [0.717, 1.165) is 36.0 Å². The summed E-state index contributed by atoms with van der Waals surface area (Å²) in [6.07, 6.45) is 2.52. The molecule has 0 aliphatic rings. The zero-order valence-electron chi connectivity index (χ0n) is 21.4. The predicted molar refractivity (Wildman–Crippen MR) is 148 cm³/mol. The average Bonchev–Trinajstić information content (AvgIpc) is 2.95. The Labute approximate surface area is 220 Å². The van der Waals surface area contributed by atoms with E-state index in [1.807, 2.05) is 60.7 Å². The molecule has 4 aromatic carbocycles. The molecule has 1 N–H and O–H groups in total. The smallest absolute Gasteiger partial charge is 0.121 e. The van der Waals surface area contributed by atoms with Gasteiger partial charge in [0.1, 0.15) is 5.75 Å². The van der Waals surface area contributed by atoms with E-state index >= 15 is 0 Å². The fraction of sp³-hybridized carbons (Fsp3) is 0.273. The van der Waals surface area contributed by atoms with Gasteiger partial charge in [-0.25, -0.2) is 0 Å². The molecule has 0 unspecified atom stereocenters. The molecule has 0 aromatic heterocycles. The summed E-state index contributed by atoms with van der Waals surface area (Å²) in [4.78, 5) is 0. The van der Waals surface area contributed by atoms with Crippen molar-refractivity contribution in [2.45, 2.75) is 39.1 Å². The monoisotopic (exact) mass is 496 g/mol. The van der Waals surface area contributed by atoms with Gasteiger partial charge in [0.2, 0.25) is 0 Å². The summed E-state index contributed by atoms with van der Waals surface area (Å²) in [5.41, 5.74) is 6.48. The quantitative estimate of drug-likeness (QED) is 0.187. The number of rotatable bonds is 15. The maximum atomic E-state index is 10.7. The van der Waals surface area contributed by atoms with Crippen LogP contribution in [0.15, 0.2) is 103 Å². The summed E-state index contributed by atoms with van der Waals surface area (Å²) in [6, 6.07) is 34.6. The summed E-state index contributed by atoms with van der Waals surface area (Å²) in [5, 5.41) is 10.7. The molecule has 192 valence electrons. The van der Waals surface area contributed by atoms with E-state index in [4.69, 9.17) is 14.2 Å². The fourth-order valence-electron chi connectivity index (χ4n) is 4.24. The highest BCUT2D eigenvalue weighted by atomic mass is 16.5. The first-order valence-electron chi connectivity index (χ1n) is 13.0. The Bertz CT molecular complexity index is 1180. The van der Waals surface area contributed by atoms with Crippen molar-refractivity contribution in [1.29, 1.82) is 0 Å². The lowest BCUT2D eigenvalue weighted by Crippen LogP contribution is -2.09. The molecule has 0 spiro atoms. The van der Waals surface area contributed by atoms with Gasteiger partial charge in [0.05, 0.1) is 39.6 Å². The van der Waals surface area contributed by atoms with Crippen molar-refractivity contribution in [3.8, 4) is 5.75 Å². The SMILES string of the molecule is Oc1ccc(COCCc2ccccc2)c(COCCc2ccccc2)c1COCCc1ccccc1. The molecule has 0 fully saturated rings. The second-order valence-electron chi connectivity index (χ2n) is 9.07. The maximum Gasteiger partial charge on any atom is 0.121 e. The van der Waals surface area contributed by atoms with Crippen molar-refractivity contribution in [2.24, 2.45) is 0 Å². The Kier molecular flexibility index (Phi) is 10.8. The Morgan fingerprint density at radius 2 is 0.838 bits per heavy atom. The van der Waals surface area contributed by atoms with Crippen LogP contribution in [0.1, 0.15) is 33.4 Å². The van der Waals surface area contributed by atoms with Crippen LogP contribution >= 0.6 is 0 Å². The van der Waals surface area contributed by atoms with Crippen molar-refractivity contribution in [2.75, 3.05) is 19.8 Å². The average molecular weight is 497 g/mol. The molecule has 37 heavy (non-hydrogen) atoms. The standard InChI is InChI=1S/C33H36O4/c34-33-17-16-30(24-35-21-18-27-10-4-1-5-11-27)31(25-36-22-19-28-12-6-2-7-13-28)32(33)26-37-23-20-29-14-8-3-9-15-29/h1-17,34H,18-26H2. The normalized spacial score (nSPS) is 11.0. The highest BCUT2D eigenvalue weighted by Crippen LogP contribution is 2.27. The number of hydrogen-bond acceptors (Lipinski definition) is 4. The van der Waals surface area contributed by atoms with Gasteiger partial charge in [-0.2, -0.15) is 0 Å². The van der Waals surface area contributed by atoms with Gasteiger partial charge >= 0.3 is 0 Å². The maximum absolute atomic E-state index is 10.7. The Balaban J connectivity index is 1.37. The van der Waals surface area contributed by atoms with E-state index < -0.39 is 0 Å². The van der Waals surface area contributed by atoms with Gasteiger partial charge in [0.15, 0.2) is 0 Å². The highest BCUT2D eigenvalue weighted by molar-refractivity contribution is 5.44. The van der Waals surface area contributed by atoms with Crippen LogP contribution in [0.2, 0.25) is 0 Å². The first-order valence-corrected chi connectivity index (χ1v) is 13.0. The van der Waals surface area contributed by atoms with Crippen LogP contribution in [-0.4, -0.2) is 24.9 Å². The van der Waals surface area contributed by atoms with Gasteiger partial charge in [-0.05, 0) is 53.1 Å². The lowest BCUT2D eigenvalue weighted by Gasteiger charge is -2.17. The van der Waals surface area contributed by atoms with Gasteiger partial charge in [0, 0.05) is 5.56 Å². The van der Waals surface area contributed by atoms with E-state index in [0.29, 0.717) is 39.6 Å². The van der Waals surface area contributed by atoms with E-state index in [9.17, 15) is 5.11 Å². The van der Waals surface area contributed by atoms with Gasteiger partial charge < -0.3 is 19.3 Å². The zero-order chi connectivity index (χ0) is 25.5. The molecule has 4 aromatic rings. The summed E-state index contributed by atoms with van der Waals surface area (Å²) < 4.78 is 18.1. The molecule has 0 aliphatic heterocycles. The number of aromatic hydroxyl groups is 1. The van der Waals surface area contributed by atoms with E-state index in [2.05, 4.69) is 36.4 Å². The fourth-order valence-corrected chi connectivity index (χ4v) is 4.24. The van der Waals surface area contributed by atoms with E-state index in [1.165, 1.54) is 16.7 Å². The number of phenols is 1. The lowest BCUT2D eigenvalue weighted by molar-refractivity contribution is 0.101. The molecular weight excluding hydrogens is 460 g/mol. The topological polar surface area (TPSA) is 47.9 Å². The first kappa shape index (κ1) is 26.6. The molecule has 0 bridgehead atoms. The van der Waals surface area contributed by atoms with Crippen LogP contribution in [-0.2, 0) is 53.3 Å². The molecule has 4 nitrogen and oxygen atoms in total. The van der Waals surface area contributed by atoms with Crippen LogP contribution in [0.5, 0.6) is 5.75 Å². The molecule has 0 amide bonds. The van der Waals surface area contributed by atoms with Crippen molar-refractivity contribution in [3.05, 3.63) is 137 Å². The lowest BCUT2D eigenvalue weighted by atomic mass is 10.0. The predicted octanol–water partition coefficient (Wildman–Crippen LogP) is 6.67. The number of ether oxygens (including phenoxy) is 3. The number of phenolic OH excluding ortho intramolecular Hbond substituents is 1. The summed E-state index contributed by atoms with van der Waals surface area (Å²) >= 11 is 0. The number of hydrogen-bond donors (Lipinski definition) is 1. The Morgan fingerprint density at radius 3 is 1.30 bits per heavy atom. The van der Waals surface area contributed by atoms with Gasteiger partial charge in [-0.3, -0.25) is 0 Å². The number of benzene rings is 4. The van der Waals surface area contributed by atoms with Crippen LogP contribution in [0.25, 0.3) is 0 Å². The van der Waals surface area contributed by atoms with Gasteiger partial charge in [-0.15, -0.1) is 0 Å². The molecule has 0 saturated carbocycles. The van der Waals surface area contributed by atoms with Crippen LogP contribution in [0, 0.1) is 0 Å². The second-order valence-corrected chi connectivity index (χ2v) is 9.07. The van der Waals surface area contributed by atoms with Crippen LogP contribution in [0.4, 0.5) is 0 Å². The van der Waals surface area contributed by atoms with Crippen LogP contribution < -0.4 is 0 Å². The van der Waals surface area contributed by atoms with Gasteiger partial charge in [0.25, 0.3) is 0 Å². The third-order valence-corrected chi connectivity index (χ3v) is 6.39. The molecule has 4 rings (SSSR count). The van der Waals surface area contributed by atoms with E-state index in [1.54, 1.807) is 6.07 Å². The molecule has 0 aliphatic carbocycles. The minimum atomic E-state index is 0.231. The molecule has 0 heterocycles. The van der Waals surface area contributed by atoms with Gasteiger partial charge in [-0.1, -0.05) is 97.1 Å². The van der Waals surface area contributed by atoms with Crippen LogP contribution in [0.3, 0.4) is 0 Å². The Morgan fingerprint density at radius 1 is 0.432 bits per heavy atom. The molecule has 0 saturated heterocycles. The van der Waals surface area contributed by atoms with Crippen molar-refractivity contribution >= 4 is 0 Å². The first-order chi connectivity index (χ1) is 18.3. The van der Waals surface area contributed by atoms with Crippen molar-refractivity contribution in [1.82, 2.24) is 0 Å². The molecule has 4 heteroatoms. The minimum Gasteiger partial charge on any atom is -0.508 e. The molecular formula is C33H36O4. The third kappa shape index (κ3) is 8.87. The minimum absolute atomic E-state index is 0.231. The molecule has 0 atom stereocenters.